The number of carbonyl (C=O) groups excluding carboxylic acids is 4. The van der Waals surface area contributed by atoms with Crippen molar-refractivity contribution in [1.29, 1.82) is 0 Å². The molecule has 2 aromatic heterocycles. The zero-order chi connectivity index (χ0) is 25.0. The lowest BCUT2D eigenvalue weighted by atomic mass is 10.0. The number of thiophene rings is 1. The molecule has 3 aliphatic rings. The molecule has 10 nitrogen and oxygen atoms in total. The van der Waals surface area contributed by atoms with Gasteiger partial charge in [0, 0.05) is 39.1 Å². The van der Waals surface area contributed by atoms with Crippen molar-refractivity contribution in [3.8, 4) is 0 Å². The van der Waals surface area contributed by atoms with Crippen LogP contribution >= 0.6 is 22.9 Å². The number of piperidine rings is 1. The van der Waals surface area contributed by atoms with E-state index in [1.54, 1.807) is 23.5 Å². The Morgan fingerprint density at radius 1 is 1.00 bits per heavy atom. The van der Waals surface area contributed by atoms with Gasteiger partial charge in [0.2, 0.25) is 17.1 Å². The number of hydrogen-bond acceptors (Lipinski definition) is 9. The van der Waals surface area contributed by atoms with E-state index in [9.17, 15) is 19.2 Å². The van der Waals surface area contributed by atoms with E-state index in [1.165, 1.54) is 0 Å². The number of hydrogen-bond donors (Lipinski definition) is 1. The number of piperazine rings is 1. The van der Waals surface area contributed by atoms with Crippen LogP contribution in [0, 0.1) is 0 Å². The third-order valence-electron chi connectivity index (χ3n) is 6.84. The van der Waals surface area contributed by atoms with E-state index in [4.69, 9.17) is 11.6 Å². The van der Waals surface area contributed by atoms with Gasteiger partial charge in [-0.15, -0.1) is 11.3 Å². The third kappa shape index (κ3) is 3.93. The molecular weight excluding hydrogens is 504 g/mol. The van der Waals surface area contributed by atoms with Crippen LogP contribution in [0.1, 0.15) is 39.1 Å². The van der Waals surface area contributed by atoms with Gasteiger partial charge in [0.1, 0.15) is 6.04 Å². The highest BCUT2D eigenvalue weighted by Gasteiger charge is 2.44. The Bertz CT molecular complexity index is 1430. The van der Waals surface area contributed by atoms with Gasteiger partial charge in [0.25, 0.3) is 11.8 Å². The topological polar surface area (TPSA) is 116 Å². The number of nitrogens with zero attached hydrogens (tertiary/aromatic N) is 5. The molecule has 12 heteroatoms. The Morgan fingerprint density at radius 2 is 1.78 bits per heavy atom. The highest BCUT2D eigenvalue weighted by molar-refractivity contribution is 7.17. The lowest BCUT2D eigenvalue weighted by molar-refractivity contribution is -0.136. The predicted molar refractivity (Wildman–Crippen MR) is 133 cm³/mol. The first-order valence-corrected chi connectivity index (χ1v) is 12.9. The lowest BCUT2D eigenvalue weighted by Crippen LogP contribution is -2.54. The molecule has 0 radical (unpaired) electrons. The fourth-order valence-electron chi connectivity index (χ4n) is 5.03. The molecular formula is C24H21ClN6O4S. The molecule has 2 fully saturated rings. The molecule has 1 aromatic carbocycles. The first-order valence-electron chi connectivity index (χ1n) is 11.6. The standard InChI is InChI=1S/C24H21ClN6O4S/c25-24-26-16-5-10-36-19(16)20(28-24)30-8-6-29(7-9-30)12-13-1-2-14-15(11-13)23(35)31(22(14)34)17-3-4-18(32)27-21(17)33/h1-2,5,10-11,17H,3-4,6-9,12H2,(H,27,32,33). The van der Waals surface area contributed by atoms with Crippen LogP contribution in [-0.4, -0.2) is 75.6 Å². The molecule has 6 rings (SSSR count). The molecule has 0 bridgehead atoms. The van der Waals surface area contributed by atoms with Crippen LogP contribution in [0.5, 0.6) is 0 Å². The second-order valence-electron chi connectivity index (χ2n) is 9.04. The molecule has 3 aromatic rings. The fourth-order valence-corrected chi connectivity index (χ4v) is 6.05. The van der Waals surface area contributed by atoms with E-state index >= 15 is 0 Å². The number of halogens is 1. The number of nitrogens with one attached hydrogen (secondary N) is 1. The number of carbonyl (C=O) groups is 4. The van der Waals surface area contributed by atoms with E-state index in [-0.39, 0.29) is 18.1 Å². The molecule has 3 aliphatic heterocycles. The van der Waals surface area contributed by atoms with Gasteiger partial charge in [-0.05, 0) is 47.2 Å². The van der Waals surface area contributed by atoms with Crippen molar-refractivity contribution in [2.45, 2.75) is 25.4 Å². The van der Waals surface area contributed by atoms with Gasteiger partial charge < -0.3 is 4.90 Å². The molecule has 1 unspecified atom stereocenters. The van der Waals surface area contributed by atoms with Crippen molar-refractivity contribution >= 4 is 62.6 Å². The van der Waals surface area contributed by atoms with Gasteiger partial charge in [-0.2, -0.15) is 4.98 Å². The maximum Gasteiger partial charge on any atom is 0.262 e. The zero-order valence-electron chi connectivity index (χ0n) is 19.1. The van der Waals surface area contributed by atoms with Crippen LogP contribution in [0.25, 0.3) is 10.2 Å². The summed E-state index contributed by atoms with van der Waals surface area (Å²) in [5.74, 6) is -1.12. The van der Waals surface area contributed by atoms with Crippen molar-refractivity contribution < 1.29 is 19.2 Å². The van der Waals surface area contributed by atoms with Crippen molar-refractivity contribution in [3.63, 3.8) is 0 Å². The Kier molecular flexibility index (Phi) is 5.70. The number of rotatable bonds is 4. The molecule has 4 amide bonds. The molecule has 1 N–H and O–H groups in total. The van der Waals surface area contributed by atoms with Gasteiger partial charge in [-0.25, -0.2) is 4.98 Å². The fraction of sp³-hybridized carbons (Fsp3) is 0.333. The quantitative estimate of drug-likeness (QED) is 0.407. The summed E-state index contributed by atoms with van der Waals surface area (Å²) in [4.78, 5) is 64.0. The summed E-state index contributed by atoms with van der Waals surface area (Å²) in [6, 6.07) is 6.23. The van der Waals surface area contributed by atoms with E-state index in [1.807, 2.05) is 17.5 Å². The molecule has 0 spiro atoms. The summed E-state index contributed by atoms with van der Waals surface area (Å²) < 4.78 is 1.02. The monoisotopic (exact) mass is 524 g/mol. The van der Waals surface area contributed by atoms with Crippen molar-refractivity contribution in [2.75, 3.05) is 31.1 Å². The third-order valence-corrected chi connectivity index (χ3v) is 7.91. The average molecular weight is 525 g/mol. The number of amides is 4. The minimum Gasteiger partial charge on any atom is -0.353 e. The van der Waals surface area contributed by atoms with Crippen LogP contribution in [0.15, 0.2) is 29.6 Å². The number of aromatic nitrogens is 2. The minimum absolute atomic E-state index is 0.0975. The molecule has 184 valence electrons. The number of benzene rings is 1. The molecule has 36 heavy (non-hydrogen) atoms. The summed E-state index contributed by atoms with van der Waals surface area (Å²) >= 11 is 7.73. The lowest BCUT2D eigenvalue weighted by Gasteiger charge is -2.35. The first kappa shape index (κ1) is 23.0. The zero-order valence-corrected chi connectivity index (χ0v) is 20.6. The van der Waals surface area contributed by atoms with Gasteiger partial charge in [-0.1, -0.05) is 6.07 Å². The normalized spacial score (nSPS) is 20.9. The number of fused-ring (bicyclic) bond motifs is 2. The summed E-state index contributed by atoms with van der Waals surface area (Å²) in [7, 11) is 0. The average Bonchev–Trinajstić information content (AvgIpc) is 3.42. The summed E-state index contributed by atoms with van der Waals surface area (Å²) in [5, 5.41) is 4.44. The maximum absolute atomic E-state index is 13.1. The highest BCUT2D eigenvalue weighted by atomic mass is 35.5. The molecule has 2 saturated heterocycles. The maximum atomic E-state index is 13.1. The second kappa shape index (κ2) is 8.91. The summed E-state index contributed by atoms with van der Waals surface area (Å²) in [6.45, 7) is 3.75. The molecule has 0 saturated carbocycles. The van der Waals surface area contributed by atoms with Crippen LogP contribution in [0.4, 0.5) is 5.82 Å². The van der Waals surface area contributed by atoms with Crippen molar-refractivity contribution in [1.82, 2.24) is 25.1 Å². The SMILES string of the molecule is O=C1CCC(N2C(=O)c3ccc(CN4CCN(c5nc(Cl)nc6ccsc56)CC4)cc3C2=O)C(=O)N1. The summed E-state index contributed by atoms with van der Waals surface area (Å²) in [5.41, 5.74) is 2.36. The van der Waals surface area contributed by atoms with Crippen LogP contribution in [-0.2, 0) is 16.1 Å². The van der Waals surface area contributed by atoms with Crippen LogP contribution in [0.2, 0.25) is 5.28 Å². The Labute approximate surface area is 214 Å². The van der Waals surface area contributed by atoms with E-state index in [0.29, 0.717) is 17.7 Å². The minimum atomic E-state index is -0.961. The second-order valence-corrected chi connectivity index (χ2v) is 10.3. The van der Waals surface area contributed by atoms with E-state index in [0.717, 1.165) is 52.7 Å². The van der Waals surface area contributed by atoms with Gasteiger partial charge in [0.05, 0.1) is 21.3 Å². The predicted octanol–water partition coefficient (Wildman–Crippen LogP) is 2.07. The number of imide groups is 2. The smallest absolute Gasteiger partial charge is 0.262 e. The number of anilines is 1. The molecule has 0 aliphatic carbocycles. The molecule has 1 atom stereocenters. The summed E-state index contributed by atoms with van der Waals surface area (Å²) in [6.07, 6.45) is 0.239. The van der Waals surface area contributed by atoms with E-state index < -0.39 is 29.7 Å². The Hall–Kier alpha value is -3.41. The van der Waals surface area contributed by atoms with Crippen LogP contribution < -0.4 is 10.2 Å². The Balaban J connectivity index is 1.14. The van der Waals surface area contributed by atoms with Crippen molar-refractivity contribution in [3.05, 3.63) is 51.6 Å². The molecule has 5 heterocycles. The van der Waals surface area contributed by atoms with Crippen molar-refractivity contribution in [2.24, 2.45) is 0 Å². The largest absolute Gasteiger partial charge is 0.353 e. The van der Waals surface area contributed by atoms with E-state index in [2.05, 4.69) is 25.1 Å². The van der Waals surface area contributed by atoms with Gasteiger partial charge in [0.15, 0.2) is 5.82 Å². The van der Waals surface area contributed by atoms with Gasteiger partial charge in [-0.3, -0.25) is 34.3 Å². The van der Waals surface area contributed by atoms with Crippen LogP contribution in [0.3, 0.4) is 0 Å². The first-order chi connectivity index (χ1) is 17.4. The Morgan fingerprint density at radius 3 is 2.56 bits per heavy atom. The highest BCUT2D eigenvalue weighted by Crippen LogP contribution is 2.31. The van der Waals surface area contributed by atoms with Gasteiger partial charge >= 0.3 is 0 Å².